The lowest BCUT2D eigenvalue weighted by molar-refractivity contribution is 0.853. The number of aromatic nitrogens is 1. The second kappa shape index (κ2) is 11.7. The summed E-state index contributed by atoms with van der Waals surface area (Å²) in [4.78, 5) is 5.42. The molecular formula is C47H33N3. The number of aryl methyl sites for hydroxylation is 1. The van der Waals surface area contributed by atoms with Crippen molar-refractivity contribution in [1.29, 1.82) is 0 Å². The minimum absolute atomic E-state index is 0.197. The highest BCUT2D eigenvalue weighted by Gasteiger charge is 2.24. The third-order valence-electron chi connectivity index (χ3n) is 10.4. The minimum atomic E-state index is -0.197. The van der Waals surface area contributed by atoms with Crippen LogP contribution in [0.25, 0.3) is 56.4 Å². The van der Waals surface area contributed by atoms with Crippen LogP contribution in [0.5, 0.6) is 0 Å². The second-order valence-electron chi connectivity index (χ2n) is 13.3. The number of nitrogens with zero attached hydrogens (tertiary/aromatic N) is 2. The van der Waals surface area contributed by atoms with Crippen LogP contribution in [0.4, 0.5) is 0 Å². The van der Waals surface area contributed by atoms with E-state index in [4.69, 9.17) is 4.99 Å². The van der Waals surface area contributed by atoms with Crippen molar-refractivity contribution in [3.05, 3.63) is 190 Å². The molecule has 6 aromatic carbocycles. The molecule has 2 heterocycles. The molecule has 3 nitrogen and oxygen atoms in total. The minimum Gasteiger partial charge on any atom is -0.339 e. The molecule has 2 aliphatic carbocycles. The van der Waals surface area contributed by atoms with Crippen LogP contribution in [-0.2, 0) is 6.42 Å². The van der Waals surface area contributed by atoms with E-state index in [1.54, 1.807) is 0 Å². The number of fused-ring (bicyclic) bond motifs is 7. The molecule has 0 saturated carbocycles. The molecule has 7 aromatic rings. The molecule has 0 saturated heterocycles. The zero-order valence-electron chi connectivity index (χ0n) is 27.5. The normalized spacial score (nSPS) is 16.6. The van der Waals surface area contributed by atoms with Gasteiger partial charge in [0.05, 0.1) is 28.5 Å². The van der Waals surface area contributed by atoms with E-state index in [1.165, 1.54) is 66.0 Å². The topological polar surface area (TPSA) is 29.3 Å². The van der Waals surface area contributed by atoms with Gasteiger partial charge in [0.15, 0.2) is 0 Å². The van der Waals surface area contributed by atoms with Gasteiger partial charge in [-0.2, -0.15) is 0 Å². The Kier molecular flexibility index (Phi) is 6.67. The average molecular weight is 640 g/mol. The van der Waals surface area contributed by atoms with E-state index in [-0.39, 0.29) is 6.04 Å². The van der Waals surface area contributed by atoms with E-state index in [2.05, 4.69) is 174 Å². The van der Waals surface area contributed by atoms with Crippen molar-refractivity contribution in [2.45, 2.75) is 25.3 Å². The van der Waals surface area contributed by atoms with Gasteiger partial charge in [-0.15, -0.1) is 0 Å². The van der Waals surface area contributed by atoms with Crippen LogP contribution in [0.2, 0.25) is 0 Å². The van der Waals surface area contributed by atoms with E-state index in [0.717, 1.165) is 42.0 Å². The monoisotopic (exact) mass is 639 g/mol. The maximum atomic E-state index is 5.42. The smallest absolute Gasteiger partial charge is 0.142 e. The molecule has 0 bridgehead atoms. The second-order valence-corrected chi connectivity index (χ2v) is 13.3. The molecule has 1 atom stereocenters. The van der Waals surface area contributed by atoms with E-state index in [0.29, 0.717) is 0 Å². The Hall–Kier alpha value is -6.37. The molecule has 1 unspecified atom stereocenters. The maximum absolute atomic E-state index is 5.42. The third kappa shape index (κ3) is 4.72. The first-order chi connectivity index (χ1) is 24.8. The molecule has 1 N–H and O–H groups in total. The third-order valence-corrected chi connectivity index (χ3v) is 10.4. The summed E-state index contributed by atoms with van der Waals surface area (Å²) in [6.07, 6.45) is 16.6. The largest absolute Gasteiger partial charge is 0.339 e. The van der Waals surface area contributed by atoms with E-state index >= 15 is 0 Å². The summed E-state index contributed by atoms with van der Waals surface area (Å²) in [6, 6.07) is 48.2. The van der Waals surface area contributed by atoms with Gasteiger partial charge in [0.2, 0.25) is 0 Å². The molecule has 10 rings (SSSR count). The first-order valence-corrected chi connectivity index (χ1v) is 17.5. The number of allylic oxidation sites excluding steroid dienone is 3. The molecule has 1 aromatic heterocycles. The van der Waals surface area contributed by atoms with Gasteiger partial charge in [0.1, 0.15) is 5.84 Å². The molecule has 0 amide bonds. The van der Waals surface area contributed by atoms with Crippen LogP contribution in [0, 0.1) is 12.1 Å². The Balaban J connectivity index is 1.12. The fourth-order valence-corrected chi connectivity index (χ4v) is 7.98. The number of hydrogen-bond acceptors (Lipinski definition) is 2. The van der Waals surface area contributed by atoms with Crippen LogP contribution >= 0.6 is 0 Å². The van der Waals surface area contributed by atoms with E-state index < -0.39 is 0 Å². The van der Waals surface area contributed by atoms with Gasteiger partial charge in [-0.25, -0.2) is 0 Å². The molecule has 1 aliphatic heterocycles. The lowest BCUT2D eigenvalue weighted by Crippen LogP contribution is -2.29. The molecule has 50 heavy (non-hydrogen) atoms. The van der Waals surface area contributed by atoms with Gasteiger partial charge in [-0.3, -0.25) is 4.99 Å². The molecule has 0 fully saturated rings. The zero-order chi connectivity index (χ0) is 33.0. The maximum Gasteiger partial charge on any atom is 0.142 e. The summed E-state index contributed by atoms with van der Waals surface area (Å²) in [5, 5.41) is 10.0. The van der Waals surface area contributed by atoms with Gasteiger partial charge in [0, 0.05) is 11.1 Å². The Labute approximate surface area is 291 Å². The van der Waals surface area contributed by atoms with Gasteiger partial charge in [-0.05, 0) is 117 Å². The quantitative estimate of drug-likeness (QED) is 0.191. The van der Waals surface area contributed by atoms with E-state index in [1.807, 2.05) is 0 Å². The highest BCUT2D eigenvalue weighted by atomic mass is 15.0. The van der Waals surface area contributed by atoms with Gasteiger partial charge < -0.3 is 9.88 Å². The highest BCUT2D eigenvalue weighted by molar-refractivity contribution is 6.09. The first kappa shape index (κ1) is 28.6. The number of rotatable bonds is 4. The lowest BCUT2D eigenvalue weighted by Gasteiger charge is -2.25. The van der Waals surface area contributed by atoms with Crippen molar-refractivity contribution in [3.63, 3.8) is 0 Å². The number of para-hydroxylation sites is 1. The summed E-state index contributed by atoms with van der Waals surface area (Å²) in [7, 11) is 0. The molecule has 3 aliphatic rings. The Morgan fingerprint density at radius 3 is 2.36 bits per heavy atom. The number of hydrogen-bond donors (Lipinski definition) is 1. The molecule has 0 radical (unpaired) electrons. The van der Waals surface area contributed by atoms with Crippen molar-refractivity contribution in [3.8, 4) is 5.69 Å². The van der Waals surface area contributed by atoms with Crippen molar-refractivity contribution < 1.29 is 0 Å². The zero-order valence-corrected chi connectivity index (χ0v) is 27.5. The summed E-state index contributed by atoms with van der Waals surface area (Å²) >= 11 is 0. The molecule has 0 spiro atoms. The average Bonchev–Trinajstić information content (AvgIpc) is 3.35. The summed E-state index contributed by atoms with van der Waals surface area (Å²) in [5.41, 5.74) is 11.7. The Morgan fingerprint density at radius 2 is 1.48 bits per heavy atom. The standard InChI is InChI=1S/C47H33N3/c1-2-13-33-28-35(16-11-15-31(33)12-1)43-30-44(42-29-34-14-3-4-17-37(34)38-18-5-6-19-39(38)42)49-47(48-43)32-24-26-36(27-25-32)50-45-22-9-7-20-40(45)41-21-8-10-23-46(41)50/h1-7,9-15,17-20,22-24,26,28-30,44H,8,16,21H2,(H,48,49). The summed E-state index contributed by atoms with van der Waals surface area (Å²) < 4.78 is 2.33. The summed E-state index contributed by atoms with van der Waals surface area (Å²) in [6.45, 7) is 0. The molecule has 236 valence electrons. The first-order valence-electron chi connectivity index (χ1n) is 17.5. The predicted octanol–water partition coefficient (Wildman–Crippen LogP) is 11.0. The summed E-state index contributed by atoms with van der Waals surface area (Å²) in [5.74, 6) is 0.800. The molecule has 3 heteroatoms. The van der Waals surface area contributed by atoms with Crippen molar-refractivity contribution in [2.75, 3.05) is 0 Å². The number of nitrogens with one attached hydrogen (secondary N) is 1. The van der Waals surface area contributed by atoms with Gasteiger partial charge >= 0.3 is 0 Å². The van der Waals surface area contributed by atoms with Crippen molar-refractivity contribution in [2.24, 2.45) is 4.99 Å². The molecular weight excluding hydrogens is 607 g/mol. The predicted molar refractivity (Wildman–Crippen MR) is 208 cm³/mol. The van der Waals surface area contributed by atoms with E-state index in [9.17, 15) is 0 Å². The van der Waals surface area contributed by atoms with Gasteiger partial charge in [0.25, 0.3) is 0 Å². The Bertz CT molecular complexity index is 2640. The van der Waals surface area contributed by atoms with Gasteiger partial charge in [-0.1, -0.05) is 115 Å². The van der Waals surface area contributed by atoms with Crippen LogP contribution in [-0.4, -0.2) is 10.4 Å². The van der Waals surface area contributed by atoms with Crippen LogP contribution < -0.4 is 5.32 Å². The fraction of sp³-hybridized carbons (Fsp3) is 0.0851. The van der Waals surface area contributed by atoms with Crippen molar-refractivity contribution >= 4 is 56.5 Å². The Morgan fingerprint density at radius 1 is 0.700 bits per heavy atom. The number of aliphatic imine (C=N–C) groups is 1. The SMILES string of the molecule is c1c(C2=NC(c3cc4ccccc4c4ccccc34)C=C(C3=Cc4ccccc4C=CC3)N2)ccc(-n2c3c(c4ccccc42)CCC=C3)c#1. The van der Waals surface area contributed by atoms with Crippen LogP contribution in [0.1, 0.15) is 52.4 Å². The fourth-order valence-electron chi connectivity index (χ4n) is 7.98. The lowest BCUT2D eigenvalue weighted by atomic mass is 9.91. The van der Waals surface area contributed by atoms with Crippen LogP contribution in [0.3, 0.4) is 0 Å². The highest BCUT2D eigenvalue weighted by Crippen LogP contribution is 2.38. The van der Waals surface area contributed by atoms with Crippen molar-refractivity contribution in [1.82, 2.24) is 9.88 Å². The number of benzene rings is 5. The number of amidine groups is 1. The van der Waals surface area contributed by atoms with Crippen LogP contribution in [0.15, 0.2) is 150 Å².